The summed E-state index contributed by atoms with van der Waals surface area (Å²) in [6.45, 7) is 0.885. The Bertz CT molecular complexity index is 601. The van der Waals surface area contributed by atoms with Gasteiger partial charge in [0.2, 0.25) is 5.95 Å². The molecule has 9 heteroatoms. The van der Waals surface area contributed by atoms with E-state index in [1.807, 2.05) is 0 Å². The lowest BCUT2D eigenvalue weighted by Crippen LogP contribution is -2.32. The van der Waals surface area contributed by atoms with Gasteiger partial charge >= 0.3 is 12.1 Å². The van der Waals surface area contributed by atoms with Crippen molar-refractivity contribution in [1.29, 1.82) is 0 Å². The predicted molar refractivity (Wildman–Crippen MR) is 67.3 cm³/mol. The first-order chi connectivity index (χ1) is 10.3. The van der Waals surface area contributed by atoms with E-state index < -0.39 is 29.6 Å². The number of nitrogens with one attached hydrogen (secondary N) is 1. The Balaban J connectivity index is 2.34. The number of piperidine rings is 1. The van der Waals surface area contributed by atoms with Crippen molar-refractivity contribution in [3.05, 3.63) is 35.2 Å². The third kappa shape index (κ3) is 3.59. The number of nitrogens with zero attached hydrogens (tertiary/aromatic N) is 2. The van der Waals surface area contributed by atoms with Crippen LogP contribution >= 0.6 is 0 Å². The summed E-state index contributed by atoms with van der Waals surface area (Å²) in [5, 5.41) is 3.00. The number of aromatic nitrogens is 2. The average molecular weight is 319 g/mol. The number of esters is 1. The summed E-state index contributed by atoms with van der Waals surface area (Å²) in [7, 11) is 1.21. The Morgan fingerprint density at radius 1 is 1.50 bits per heavy atom. The fraction of sp³-hybridized carbons (Fsp3) is 0.462. The van der Waals surface area contributed by atoms with Gasteiger partial charge in [0.1, 0.15) is 11.4 Å². The van der Waals surface area contributed by atoms with E-state index in [1.54, 1.807) is 0 Å². The predicted octanol–water partition coefficient (Wildman–Crippen LogP) is 1.81. The van der Waals surface area contributed by atoms with Crippen molar-refractivity contribution >= 4 is 5.97 Å². The van der Waals surface area contributed by atoms with Crippen molar-refractivity contribution in [2.45, 2.75) is 18.5 Å². The van der Waals surface area contributed by atoms with Crippen LogP contribution in [0.25, 0.3) is 0 Å². The SMILES string of the molecule is COC(=O)/C=C1\CCNCC1c1ncc(C(F)(F)F)c(F)n1. The third-order valence-corrected chi connectivity index (χ3v) is 3.27. The topological polar surface area (TPSA) is 64.1 Å². The molecule has 1 saturated heterocycles. The molecule has 22 heavy (non-hydrogen) atoms. The Labute approximate surface area is 123 Å². The normalized spacial score (nSPS) is 21.0. The summed E-state index contributed by atoms with van der Waals surface area (Å²) >= 11 is 0. The standard InChI is InChI=1S/C13H13F4N3O2/c1-22-10(21)4-7-2-3-18-5-8(7)12-19-6-9(11(14)20-12)13(15,16)17/h4,6,8,18H,2-3,5H2,1H3/b7-4+. The molecule has 1 aliphatic heterocycles. The largest absolute Gasteiger partial charge is 0.466 e. The van der Waals surface area contributed by atoms with Crippen molar-refractivity contribution < 1.29 is 27.1 Å². The summed E-state index contributed by atoms with van der Waals surface area (Å²) in [4.78, 5) is 18.3. The minimum atomic E-state index is -4.85. The first kappa shape index (κ1) is 16.3. The number of alkyl halides is 3. The van der Waals surface area contributed by atoms with Gasteiger partial charge in [-0.1, -0.05) is 0 Å². The molecule has 2 heterocycles. The van der Waals surface area contributed by atoms with Gasteiger partial charge < -0.3 is 10.1 Å². The van der Waals surface area contributed by atoms with Gasteiger partial charge in [-0.3, -0.25) is 0 Å². The van der Waals surface area contributed by atoms with Crippen LogP contribution in [0.2, 0.25) is 0 Å². The molecule has 1 aliphatic rings. The van der Waals surface area contributed by atoms with Crippen LogP contribution < -0.4 is 5.32 Å². The molecule has 120 valence electrons. The number of hydrogen-bond donors (Lipinski definition) is 1. The maximum Gasteiger partial charge on any atom is 0.422 e. The van der Waals surface area contributed by atoms with Gasteiger partial charge in [0.05, 0.1) is 13.0 Å². The van der Waals surface area contributed by atoms with Crippen LogP contribution in [0.5, 0.6) is 0 Å². The third-order valence-electron chi connectivity index (χ3n) is 3.27. The molecule has 1 atom stereocenters. The molecule has 1 N–H and O–H groups in total. The molecule has 0 aliphatic carbocycles. The highest BCUT2D eigenvalue weighted by Crippen LogP contribution is 2.32. The lowest BCUT2D eigenvalue weighted by atomic mass is 9.91. The number of methoxy groups -OCH3 is 1. The van der Waals surface area contributed by atoms with Crippen molar-refractivity contribution in [3.63, 3.8) is 0 Å². The van der Waals surface area contributed by atoms with Gasteiger partial charge in [0.15, 0.2) is 0 Å². The second-order valence-electron chi connectivity index (χ2n) is 4.68. The van der Waals surface area contributed by atoms with E-state index in [-0.39, 0.29) is 5.82 Å². The number of ether oxygens (including phenoxy) is 1. The lowest BCUT2D eigenvalue weighted by Gasteiger charge is -2.25. The van der Waals surface area contributed by atoms with Crippen LogP contribution in [0, 0.1) is 5.95 Å². The zero-order chi connectivity index (χ0) is 16.3. The number of carbonyl (C=O) groups excluding carboxylic acids is 1. The highest BCUT2D eigenvalue weighted by molar-refractivity contribution is 5.83. The lowest BCUT2D eigenvalue weighted by molar-refractivity contribution is -0.140. The van der Waals surface area contributed by atoms with Crippen molar-refractivity contribution in [2.75, 3.05) is 20.2 Å². The zero-order valence-corrected chi connectivity index (χ0v) is 11.6. The van der Waals surface area contributed by atoms with Gasteiger partial charge in [-0.2, -0.15) is 17.6 Å². The Morgan fingerprint density at radius 2 is 2.23 bits per heavy atom. The monoisotopic (exact) mass is 319 g/mol. The highest BCUT2D eigenvalue weighted by Gasteiger charge is 2.36. The summed E-state index contributed by atoms with van der Waals surface area (Å²) < 4.78 is 55.6. The molecule has 1 aromatic rings. The molecule has 1 fully saturated rings. The average Bonchev–Trinajstić information content (AvgIpc) is 2.46. The van der Waals surface area contributed by atoms with Gasteiger partial charge in [-0.25, -0.2) is 14.8 Å². The molecule has 5 nitrogen and oxygen atoms in total. The molecule has 0 amide bonds. The molecule has 0 saturated carbocycles. The maximum atomic E-state index is 13.6. The molecular formula is C13H13F4N3O2. The molecule has 2 rings (SSSR count). The fourth-order valence-electron chi connectivity index (χ4n) is 2.16. The molecule has 0 spiro atoms. The number of rotatable bonds is 2. The summed E-state index contributed by atoms with van der Waals surface area (Å²) in [6.07, 6.45) is -2.73. The van der Waals surface area contributed by atoms with Crippen LogP contribution in [-0.2, 0) is 15.7 Å². The van der Waals surface area contributed by atoms with E-state index in [9.17, 15) is 22.4 Å². The van der Waals surface area contributed by atoms with Crippen LogP contribution in [0.15, 0.2) is 17.8 Å². The van der Waals surface area contributed by atoms with E-state index in [0.717, 1.165) is 0 Å². The van der Waals surface area contributed by atoms with E-state index in [0.29, 0.717) is 31.3 Å². The van der Waals surface area contributed by atoms with Gasteiger partial charge in [-0.05, 0) is 18.5 Å². The van der Waals surface area contributed by atoms with Crippen molar-refractivity contribution in [2.24, 2.45) is 0 Å². The van der Waals surface area contributed by atoms with Gasteiger partial charge in [0.25, 0.3) is 0 Å². The number of carbonyl (C=O) groups is 1. The van der Waals surface area contributed by atoms with Crippen molar-refractivity contribution in [3.8, 4) is 0 Å². The fourth-order valence-corrected chi connectivity index (χ4v) is 2.16. The second kappa shape index (κ2) is 6.39. The Kier molecular flexibility index (Phi) is 4.74. The molecule has 1 aromatic heterocycles. The van der Waals surface area contributed by atoms with Crippen LogP contribution in [0.1, 0.15) is 23.7 Å². The maximum absolute atomic E-state index is 13.6. The Hall–Kier alpha value is -2.03. The smallest absolute Gasteiger partial charge is 0.422 e. The van der Waals surface area contributed by atoms with Crippen LogP contribution in [0.4, 0.5) is 17.6 Å². The molecular weight excluding hydrogens is 306 g/mol. The highest BCUT2D eigenvalue weighted by atomic mass is 19.4. The van der Waals surface area contributed by atoms with Gasteiger partial charge in [0, 0.05) is 18.8 Å². The molecule has 1 unspecified atom stereocenters. The first-order valence-corrected chi connectivity index (χ1v) is 6.41. The number of halogens is 4. The van der Waals surface area contributed by atoms with Gasteiger partial charge in [-0.15, -0.1) is 0 Å². The number of hydrogen-bond acceptors (Lipinski definition) is 5. The summed E-state index contributed by atoms with van der Waals surface area (Å²) in [6, 6.07) is 0. The Morgan fingerprint density at radius 3 is 2.82 bits per heavy atom. The summed E-state index contributed by atoms with van der Waals surface area (Å²) in [5.41, 5.74) is -0.928. The second-order valence-corrected chi connectivity index (χ2v) is 4.68. The minimum Gasteiger partial charge on any atom is -0.466 e. The van der Waals surface area contributed by atoms with E-state index in [4.69, 9.17) is 0 Å². The first-order valence-electron chi connectivity index (χ1n) is 6.41. The van der Waals surface area contributed by atoms with Crippen LogP contribution in [0.3, 0.4) is 0 Å². The quantitative estimate of drug-likeness (QED) is 0.390. The molecule has 0 bridgehead atoms. The van der Waals surface area contributed by atoms with E-state index in [1.165, 1.54) is 13.2 Å². The molecule has 0 aromatic carbocycles. The van der Waals surface area contributed by atoms with Crippen LogP contribution in [-0.4, -0.2) is 36.1 Å². The van der Waals surface area contributed by atoms with E-state index in [2.05, 4.69) is 20.0 Å². The summed E-state index contributed by atoms with van der Waals surface area (Å²) in [5.74, 6) is -2.90. The molecule has 0 radical (unpaired) electrons. The minimum absolute atomic E-state index is 0.104. The van der Waals surface area contributed by atoms with E-state index >= 15 is 0 Å². The van der Waals surface area contributed by atoms with Crippen molar-refractivity contribution in [1.82, 2.24) is 15.3 Å². The zero-order valence-electron chi connectivity index (χ0n) is 11.6.